The third-order valence-electron chi connectivity index (χ3n) is 4.34. The summed E-state index contributed by atoms with van der Waals surface area (Å²) in [6.45, 7) is 5.24. The van der Waals surface area contributed by atoms with Crippen molar-refractivity contribution in [3.63, 3.8) is 0 Å². The number of guanidine groups is 1. The summed E-state index contributed by atoms with van der Waals surface area (Å²) in [5.74, 6) is 0.661. The van der Waals surface area contributed by atoms with Crippen LogP contribution in [0.5, 0.6) is 0 Å². The van der Waals surface area contributed by atoms with Crippen LogP contribution in [0.4, 0.5) is 0 Å². The summed E-state index contributed by atoms with van der Waals surface area (Å²) in [6.07, 6.45) is 2.17. The molecule has 2 aromatic rings. The largest absolute Gasteiger partial charge is 0.356 e. The van der Waals surface area contributed by atoms with E-state index < -0.39 is 0 Å². The van der Waals surface area contributed by atoms with Gasteiger partial charge in [-0.25, -0.2) is 4.99 Å². The van der Waals surface area contributed by atoms with Gasteiger partial charge in [0.25, 0.3) is 0 Å². The van der Waals surface area contributed by atoms with E-state index in [4.69, 9.17) is 0 Å². The first-order valence-electron chi connectivity index (χ1n) is 9.25. The molecule has 0 aliphatic rings. The van der Waals surface area contributed by atoms with Crippen LogP contribution >= 0.6 is 0 Å². The predicted molar refractivity (Wildman–Crippen MR) is 109 cm³/mol. The first-order chi connectivity index (χ1) is 12.5. The van der Waals surface area contributed by atoms with E-state index in [-0.39, 0.29) is 18.5 Å². The highest BCUT2D eigenvalue weighted by Gasteiger charge is 2.12. The fourth-order valence-corrected chi connectivity index (χ4v) is 2.74. The fraction of sp³-hybridized carbons (Fsp3) is 0.429. The number of nitrogens with zero attached hydrogens (tertiary/aromatic N) is 2. The van der Waals surface area contributed by atoms with Crippen LogP contribution in [0, 0.1) is 0 Å². The van der Waals surface area contributed by atoms with E-state index >= 15 is 0 Å². The standard InChI is InChI=1S/C21H30N4O/c1-5-6-14-22-21(23-15-20(26)25(3)4)24-16(2)18-13-9-11-17-10-7-8-12-19(17)18/h7-13,16H,5-6,14-15H2,1-4H3,(H2,22,23,24). The van der Waals surface area contributed by atoms with Gasteiger partial charge in [0.15, 0.2) is 5.96 Å². The third-order valence-corrected chi connectivity index (χ3v) is 4.34. The number of amides is 1. The quantitative estimate of drug-likeness (QED) is 0.456. The third kappa shape index (κ3) is 5.48. The summed E-state index contributed by atoms with van der Waals surface area (Å²) in [6, 6.07) is 14.8. The monoisotopic (exact) mass is 354 g/mol. The van der Waals surface area contributed by atoms with Crippen molar-refractivity contribution in [1.29, 1.82) is 0 Å². The summed E-state index contributed by atoms with van der Waals surface area (Å²) in [5, 5.41) is 9.23. The number of nitrogens with one attached hydrogen (secondary N) is 2. The minimum absolute atomic E-state index is 0.0144. The van der Waals surface area contributed by atoms with Crippen LogP contribution in [0.15, 0.2) is 47.5 Å². The molecule has 2 N–H and O–H groups in total. The molecule has 0 bridgehead atoms. The zero-order valence-electron chi connectivity index (χ0n) is 16.2. The summed E-state index contributed by atoms with van der Waals surface area (Å²) in [4.78, 5) is 17.9. The topological polar surface area (TPSA) is 56.7 Å². The summed E-state index contributed by atoms with van der Waals surface area (Å²) in [5.41, 5.74) is 1.21. The van der Waals surface area contributed by atoms with Gasteiger partial charge in [0, 0.05) is 20.6 Å². The average Bonchev–Trinajstić information content (AvgIpc) is 2.65. The van der Waals surface area contributed by atoms with Crippen LogP contribution in [0.2, 0.25) is 0 Å². The van der Waals surface area contributed by atoms with E-state index in [0.717, 1.165) is 19.4 Å². The van der Waals surface area contributed by atoms with Crippen molar-refractivity contribution >= 4 is 22.6 Å². The molecule has 26 heavy (non-hydrogen) atoms. The number of hydrogen-bond acceptors (Lipinski definition) is 2. The second kappa shape index (κ2) is 9.80. The highest BCUT2D eigenvalue weighted by atomic mass is 16.2. The first kappa shape index (κ1) is 19.8. The molecule has 5 nitrogen and oxygen atoms in total. The Balaban J connectivity index is 2.17. The maximum Gasteiger partial charge on any atom is 0.243 e. The smallest absolute Gasteiger partial charge is 0.243 e. The number of aliphatic imine (C=N–C) groups is 1. The molecule has 0 heterocycles. The molecule has 140 valence electrons. The molecule has 0 radical (unpaired) electrons. The highest BCUT2D eigenvalue weighted by molar-refractivity contribution is 5.88. The van der Waals surface area contributed by atoms with Gasteiger partial charge in [0.05, 0.1) is 6.04 Å². The minimum Gasteiger partial charge on any atom is -0.356 e. The van der Waals surface area contributed by atoms with E-state index in [1.165, 1.54) is 16.3 Å². The summed E-state index contributed by atoms with van der Waals surface area (Å²) in [7, 11) is 3.49. The molecule has 0 aliphatic carbocycles. The SMILES string of the molecule is CCCCNC(=NCC(=O)N(C)C)NC(C)c1cccc2ccccc12. The molecule has 0 saturated heterocycles. The lowest BCUT2D eigenvalue weighted by molar-refractivity contribution is -0.127. The number of fused-ring (bicyclic) bond motifs is 1. The van der Waals surface area contributed by atoms with Crippen LogP contribution in [0.25, 0.3) is 10.8 Å². The zero-order valence-corrected chi connectivity index (χ0v) is 16.2. The molecule has 0 aromatic heterocycles. The molecule has 1 atom stereocenters. The van der Waals surface area contributed by atoms with Gasteiger partial charge in [-0.15, -0.1) is 0 Å². The van der Waals surface area contributed by atoms with Gasteiger partial charge in [-0.3, -0.25) is 4.79 Å². The molecule has 2 rings (SSSR count). The Kier molecular flexibility index (Phi) is 7.45. The first-order valence-corrected chi connectivity index (χ1v) is 9.25. The molecular weight excluding hydrogens is 324 g/mol. The van der Waals surface area contributed by atoms with Gasteiger partial charge >= 0.3 is 0 Å². The van der Waals surface area contributed by atoms with Crippen molar-refractivity contribution < 1.29 is 4.79 Å². The van der Waals surface area contributed by atoms with Crippen LogP contribution in [0.1, 0.15) is 38.3 Å². The fourth-order valence-electron chi connectivity index (χ4n) is 2.74. The molecule has 0 aliphatic heterocycles. The normalized spacial score (nSPS) is 12.7. The lowest BCUT2D eigenvalue weighted by Crippen LogP contribution is -2.40. The number of hydrogen-bond donors (Lipinski definition) is 2. The number of rotatable bonds is 7. The lowest BCUT2D eigenvalue weighted by atomic mass is 10.00. The Bertz CT molecular complexity index is 749. The molecule has 2 aromatic carbocycles. The van der Waals surface area contributed by atoms with Gasteiger partial charge in [0.2, 0.25) is 5.91 Å². The van der Waals surface area contributed by atoms with E-state index in [1.807, 2.05) is 0 Å². The molecule has 5 heteroatoms. The van der Waals surface area contributed by atoms with Crippen molar-refractivity contribution in [2.75, 3.05) is 27.2 Å². The Morgan fingerprint density at radius 1 is 1.15 bits per heavy atom. The van der Waals surface area contributed by atoms with Crippen molar-refractivity contribution in [3.05, 3.63) is 48.0 Å². The van der Waals surface area contributed by atoms with Crippen LogP contribution < -0.4 is 10.6 Å². The van der Waals surface area contributed by atoms with Crippen molar-refractivity contribution in [1.82, 2.24) is 15.5 Å². The predicted octanol–water partition coefficient (Wildman–Crippen LogP) is 3.32. The second-order valence-corrected chi connectivity index (χ2v) is 6.67. The van der Waals surface area contributed by atoms with E-state index in [0.29, 0.717) is 5.96 Å². The Hall–Kier alpha value is -2.56. The van der Waals surface area contributed by atoms with E-state index in [1.54, 1.807) is 19.0 Å². The molecule has 0 fully saturated rings. The average molecular weight is 354 g/mol. The Morgan fingerprint density at radius 2 is 1.88 bits per heavy atom. The number of carbonyl (C=O) groups is 1. The Morgan fingerprint density at radius 3 is 2.62 bits per heavy atom. The summed E-state index contributed by atoms with van der Waals surface area (Å²) < 4.78 is 0. The van der Waals surface area contributed by atoms with Crippen molar-refractivity contribution in [3.8, 4) is 0 Å². The maximum atomic E-state index is 11.9. The zero-order chi connectivity index (χ0) is 18.9. The van der Waals surface area contributed by atoms with Gasteiger partial charge < -0.3 is 15.5 Å². The molecular formula is C21H30N4O. The van der Waals surface area contributed by atoms with Crippen LogP contribution in [0.3, 0.4) is 0 Å². The van der Waals surface area contributed by atoms with E-state index in [9.17, 15) is 4.79 Å². The number of unbranched alkanes of at least 4 members (excludes halogenated alkanes) is 1. The van der Waals surface area contributed by atoms with E-state index in [2.05, 4.69) is 71.9 Å². The number of benzene rings is 2. The summed E-state index contributed by atoms with van der Waals surface area (Å²) >= 11 is 0. The second-order valence-electron chi connectivity index (χ2n) is 6.67. The van der Waals surface area contributed by atoms with Gasteiger partial charge in [-0.2, -0.15) is 0 Å². The molecule has 0 saturated carbocycles. The lowest BCUT2D eigenvalue weighted by Gasteiger charge is -2.20. The highest BCUT2D eigenvalue weighted by Crippen LogP contribution is 2.23. The van der Waals surface area contributed by atoms with Crippen LogP contribution in [-0.4, -0.2) is 44.0 Å². The van der Waals surface area contributed by atoms with Crippen LogP contribution in [-0.2, 0) is 4.79 Å². The molecule has 1 unspecified atom stereocenters. The van der Waals surface area contributed by atoms with Gasteiger partial charge in [0.1, 0.15) is 6.54 Å². The maximum absolute atomic E-state index is 11.9. The van der Waals surface area contributed by atoms with Crippen molar-refractivity contribution in [2.24, 2.45) is 4.99 Å². The molecule has 0 spiro atoms. The molecule has 1 amide bonds. The minimum atomic E-state index is -0.0144. The number of likely N-dealkylation sites (N-methyl/N-ethyl adjacent to an activating group) is 1. The number of carbonyl (C=O) groups excluding carboxylic acids is 1. The van der Waals surface area contributed by atoms with Gasteiger partial charge in [-0.05, 0) is 29.7 Å². The van der Waals surface area contributed by atoms with Gasteiger partial charge in [-0.1, -0.05) is 55.8 Å². The van der Waals surface area contributed by atoms with Crippen molar-refractivity contribution in [2.45, 2.75) is 32.7 Å². The Labute approximate surface area is 156 Å².